The molecule has 287 valence electrons. The maximum Gasteiger partial charge on any atom is 0.386 e. The van der Waals surface area contributed by atoms with Crippen LogP contribution in [0.25, 0.3) is 17.1 Å². The summed E-state index contributed by atoms with van der Waals surface area (Å²) >= 11 is 0. The minimum atomic E-state index is -8.53. The zero-order valence-corrected chi connectivity index (χ0v) is 27.4. The number of aromatic carboxylic acids is 1. The Morgan fingerprint density at radius 1 is 0.635 bits per heavy atom. The number of carboxylic acids is 1. The Hall–Kier alpha value is -4.27. The first-order valence-electron chi connectivity index (χ1n) is 13.3. The zero-order chi connectivity index (χ0) is 39.1. The molecule has 0 fully saturated rings. The fourth-order valence-electron chi connectivity index (χ4n) is 3.91. The van der Waals surface area contributed by atoms with Crippen LogP contribution in [-0.2, 0) is 26.0 Å². The van der Waals surface area contributed by atoms with Gasteiger partial charge in [0, 0.05) is 38.9 Å². The van der Waals surface area contributed by atoms with E-state index in [1.54, 1.807) is 12.1 Å². The molecule has 0 aliphatic heterocycles. The fraction of sp³-hybridized carbons (Fsp3) is 0.310. The molecule has 2 aromatic carbocycles. The van der Waals surface area contributed by atoms with Crippen molar-refractivity contribution in [2.75, 3.05) is 0 Å². The molecule has 0 saturated heterocycles. The van der Waals surface area contributed by atoms with E-state index in [0.29, 0.717) is 0 Å². The van der Waals surface area contributed by atoms with Crippen molar-refractivity contribution in [3.63, 3.8) is 0 Å². The number of para-hydroxylation sites is 1. The number of nitrogens with zero attached hydrogens (tertiary/aromatic N) is 4. The van der Waals surface area contributed by atoms with Crippen molar-refractivity contribution in [2.24, 2.45) is 0 Å². The largest absolute Gasteiger partial charge is 0.477 e. The topological polar surface area (TPSA) is 80.9 Å². The molecule has 52 heavy (non-hydrogen) atoms. The summed E-state index contributed by atoms with van der Waals surface area (Å²) < 4.78 is 225. The number of hydrogen-bond donors (Lipinski definition) is 1. The number of aromatic nitrogens is 4. The van der Waals surface area contributed by atoms with E-state index in [0.717, 1.165) is 36.4 Å². The third-order valence-electron chi connectivity index (χ3n) is 6.71. The summed E-state index contributed by atoms with van der Waals surface area (Å²) in [5.74, 6) is -66.6. The van der Waals surface area contributed by atoms with Gasteiger partial charge in [-0.05, 0) is 24.3 Å². The number of carbonyl (C=O) groups is 1. The van der Waals surface area contributed by atoms with Gasteiger partial charge in [0.15, 0.2) is 0 Å². The quantitative estimate of drug-likeness (QED) is 0.120. The molecule has 2 heterocycles. The molecule has 0 aliphatic carbocycles. The second kappa shape index (κ2) is 14.6. The molecule has 1 radical (unpaired) electrons. The van der Waals surface area contributed by atoms with Crippen molar-refractivity contribution in [1.29, 1.82) is 0 Å². The van der Waals surface area contributed by atoms with Gasteiger partial charge >= 0.3 is 53.3 Å². The predicted octanol–water partition coefficient (Wildman–Crippen LogP) is 9.07. The summed E-state index contributed by atoms with van der Waals surface area (Å²) in [7, 11) is 0. The van der Waals surface area contributed by atoms with Crippen LogP contribution in [0.15, 0.2) is 79.0 Å². The van der Waals surface area contributed by atoms with Gasteiger partial charge in [-0.2, -0.15) is 75.3 Å². The van der Waals surface area contributed by atoms with E-state index >= 15 is 8.78 Å². The molecule has 2 aromatic heterocycles. The summed E-state index contributed by atoms with van der Waals surface area (Å²) in [4.78, 5) is 13.7. The molecule has 4 aromatic rings. The van der Waals surface area contributed by atoms with Crippen molar-refractivity contribution >= 4 is 5.97 Å². The van der Waals surface area contributed by atoms with Gasteiger partial charge in [0.2, 0.25) is 5.82 Å². The molecule has 0 amide bonds. The van der Waals surface area contributed by atoms with Crippen LogP contribution in [-0.4, -0.2) is 72.3 Å². The number of carboxylic acid groups (broad SMARTS) is 1. The van der Waals surface area contributed by atoms with Gasteiger partial charge in [-0.3, -0.25) is 0 Å². The summed E-state index contributed by atoms with van der Waals surface area (Å²) in [6.07, 6.45) is 1.45. The normalized spacial score (nSPS) is 13.5. The first-order valence-corrected chi connectivity index (χ1v) is 13.3. The van der Waals surface area contributed by atoms with Gasteiger partial charge in [0.05, 0.1) is 5.82 Å². The van der Waals surface area contributed by atoms with Crippen LogP contribution >= 0.6 is 0 Å². The van der Waals surface area contributed by atoms with Crippen LogP contribution in [0.3, 0.4) is 0 Å². The van der Waals surface area contributed by atoms with E-state index in [9.17, 15) is 66.3 Å². The van der Waals surface area contributed by atoms with E-state index in [2.05, 4.69) is 21.2 Å². The molecule has 4 rings (SSSR count). The van der Waals surface area contributed by atoms with E-state index in [-0.39, 0.29) is 35.9 Å². The molecular formula is C29H17F16IrN4O2-. The van der Waals surface area contributed by atoms with Gasteiger partial charge in [-0.1, -0.05) is 24.3 Å². The first-order chi connectivity index (χ1) is 23.1. The molecule has 6 nitrogen and oxygen atoms in total. The molecule has 1 N–H and O–H groups in total. The van der Waals surface area contributed by atoms with Crippen molar-refractivity contribution < 1.29 is 100 Å². The summed E-state index contributed by atoms with van der Waals surface area (Å²) in [5.41, 5.74) is -0.889. The van der Waals surface area contributed by atoms with Crippen molar-refractivity contribution in [3.8, 4) is 17.1 Å². The Bertz CT molecular complexity index is 1800. The average Bonchev–Trinajstić information content (AvgIpc) is 3.51. The molecule has 0 unspecified atom stereocenters. The van der Waals surface area contributed by atoms with Crippen LogP contribution in [0.2, 0.25) is 0 Å². The molecule has 0 atom stereocenters. The van der Waals surface area contributed by atoms with Gasteiger partial charge in [-0.25, -0.2) is 9.78 Å². The van der Waals surface area contributed by atoms with Crippen LogP contribution in [0.5, 0.6) is 0 Å². The molecule has 0 bridgehead atoms. The minimum Gasteiger partial charge on any atom is -0.477 e. The van der Waals surface area contributed by atoms with Gasteiger partial charge in [0.1, 0.15) is 5.69 Å². The van der Waals surface area contributed by atoms with Gasteiger partial charge in [-0.15, -0.1) is 41.0 Å². The monoisotopic (exact) mass is 950 g/mol. The maximum absolute atomic E-state index is 15.1. The number of alkyl halides is 16. The number of rotatable bonds is 11. The molecule has 23 heteroatoms. The van der Waals surface area contributed by atoms with E-state index in [1.165, 1.54) is 30.5 Å². The number of halogens is 16. The Balaban J connectivity index is 0.000000814. The second-order valence-corrected chi connectivity index (χ2v) is 10.2. The van der Waals surface area contributed by atoms with Crippen molar-refractivity contribution in [1.82, 2.24) is 19.7 Å². The molecule has 0 aliphatic rings. The van der Waals surface area contributed by atoms with Gasteiger partial charge in [0.25, 0.3) is 0 Å². The number of benzene rings is 2. The summed E-state index contributed by atoms with van der Waals surface area (Å²) in [5, 5.41) is 14.1. The van der Waals surface area contributed by atoms with Crippen molar-refractivity contribution in [2.45, 2.75) is 54.3 Å². The summed E-state index contributed by atoms with van der Waals surface area (Å²) in [6.45, 7) is -1.20. The fourth-order valence-corrected chi connectivity index (χ4v) is 3.91. The van der Waals surface area contributed by atoms with Crippen molar-refractivity contribution in [3.05, 3.63) is 96.6 Å². The zero-order valence-electron chi connectivity index (χ0n) is 25.0. The molecule has 0 saturated carbocycles. The summed E-state index contributed by atoms with van der Waals surface area (Å²) in [6, 6.07) is 16.9. The third kappa shape index (κ3) is 7.07. The Morgan fingerprint density at radius 2 is 1.12 bits per heavy atom. The van der Waals surface area contributed by atoms with Gasteiger partial charge < -0.3 is 9.67 Å². The molecular weight excluding hydrogens is 933 g/mol. The molecule has 0 spiro atoms. The smallest absolute Gasteiger partial charge is 0.386 e. The van der Waals surface area contributed by atoms with Crippen LogP contribution < -0.4 is 0 Å². The second-order valence-electron chi connectivity index (χ2n) is 10.2. The number of pyridine rings is 1. The van der Waals surface area contributed by atoms with Crippen LogP contribution in [0.4, 0.5) is 70.2 Å². The van der Waals surface area contributed by atoms with Crippen LogP contribution in [0.1, 0.15) is 23.2 Å². The van der Waals surface area contributed by atoms with E-state index in [1.807, 2.05) is 0 Å². The Morgan fingerprint density at radius 3 is 1.54 bits per heavy atom. The SMILES string of the molecule is CC(F)(F)C(F)(F)C(F)(F)C(F)(F)C(F)(F)C(F)(F)C(F)(F)C(F)(F)c1nnc(-c2[c-]cccc2)n1-c1ccccc1.O=C(O)c1ccccn1.[Ir]. The van der Waals surface area contributed by atoms with Crippen LogP contribution in [0, 0.1) is 6.07 Å². The van der Waals surface area contributed by atoms with E-state index in [4.69, 9.17) is 5.11 Å². The van der Waals surface area contributed by atoms with E-state index < -0.39 is 77.6 Å². The number of hydrogen-bond acceptors (Lipinski definition) is 4. The first kappa shape index (κ1) is 43.9. The standard InChI is InChI=1S/C23H12F16N3.C6H5NO2.Ir/c1-16(24,25)18(28,29)20(32,33)22(36,37)23(38,39)21(34,35)19(30,31)17(26,27)15-41-40-14(12-8-4-2-5-9-12)42(15)13-10-6-3-7-11-13;8-6(9)5-3-1-2-4-7-5;/h2-8,10-11H,1H3;1-4H,(H,8,9);/q-1;;. The predicted molar refractivity (Wildman–Crippen MR) is 141 cm³/mol. The maximum atomic E-state index is 15.1. The average molecular weight is 950 g/mol. The third-order valence-corrected chi connectivity index (χ3v) is 6.71. The Kier molecular flexibility index (Phi) is 12.3. The minimum absolute atomic E-state index is 0. The Labute approximate surface area is 293 Å².